The van der Waals surface area contributed by atoms with Crippen LogP contribution in [0.25, 0.3) is 22.2 Å². The van der Waals surface area contributed by atoms with Gasteiger partial charge in [-0.1, -0.05) is 54.2 Å². The summed E-state index contributed by atoms with van der Waals surface area (Å²) in [6.45, 7) is 2.06. The third-order valence-corrected chi connectivity index (χ3v) is 5.47. The lowest BCUT2D eigenvalue weighted by atomic mass is 10.0. The average Bonchev–Trinajstić information content (AvgIpc) is 2.82. The molecule has 6 nitrogen and oxygen atoms in total. The molecule has 0 aliphatic carbocycles. The number of methoxy groups -OCH3 is 2. The zero-order valence-corrected chi connectivity index (χ0v) is 19.2. The lowest BCUT2D eigenvalue weighted by Crippen LogP contribution is -2.10. The van der Waals surface area contributed by atoms with Gasteiger partial charge in [-0.25, -0.2) is 9.97 Å². The minimum Gasteiger partial charge on any atom is -0.493 e. The van der Waals surface area contributed by atoms with Gasteiger partial charge in [-0.05, 0) is 25.1 Å². The Balaban J connectivity index is 1.77. The van der Waals surface area contributed by atoms with Gasteiger partial charge >= 0.3 is 0 Å². The van der Waals surface area contributed by atoms with Crippen LogP contribution in [0.15, 0.2) is 60.7 Å². The number of rotatable bonds is 6. The number of nitrogens with zero attached hydrogens (tertiary/aromatic N) is 2. The van der Waals surface area contributed by atoms with E-state index in [1.165, 1.54) is 5.56 Å². The van der Waals surface area contributed by atoms with Crippen LogP contribution in [-0.4, -0.2) is 36.2 Å². The van der Waals surface area contributed by atoms with Crippen molar-refractivity contribution in [3.05, 3.63) is 71.8 Å². The molecule has 162 valence electrons. The molecule has 7 heteroatoms. The lowest BCUT2D eigenvalue weighted by Gasteiger charge is -2.14. The number of hydrogen-bond donors (Lipinski definition) is 2. The largest absolute Gasteiger partial charge is 0.493 e. The highest BCUT2D eigenvalue weighted by Crippen LogP contribution is 2.36. The first kappa shape index (κ1) is 21.5. The molecule has 0 fully saturated rings. The minimum absolute atomic E-state index is 0.522. The van der Waals surface area contributed by atoms with Gasteiger partial charge < -0.3 is 20.1 Å². The van der Waals surface area contributed by atoms with Crippen molar-refractivity contribution in [1.29, 1.82) is 0 Å². The number of ether oxygens (including phenoxy) is 2. The molecule has 4 aromatic rings. The predicted molar refractivity (Wildman–Crippen MR) is 134 cm³/mol. The molecule has 0 atom stereocenters. The first-order valence-electron chi connectivity index (χ1n) is 10.1. The molecular weight excluding hydrogens is 420 g/mol. The Kier molecular flexibility index (Phi) is 6.18. The van der Waals surface area contributed by atoms with E-state index in [0.717, 1.165) is 33.4 Å². The molecular formula is C25H24N4O2S. The van der Waals surface area contributed by atoms with Crippen molar-refractivity contribution in [1.82, 2.24) is 9.97 Å². The Hall–Kier alpha value is -3.71. The number of aryl methyl sites for hydroxylation is 1. The number of hydrogen-bond acceptors (Lipinski definition) is 6. The second-order valence-electron chi connectivity index (χ2n) is 7.27. The summed E-state index contributed by atoms with van der Waals surface area (Å²) in [5.41, 5.74) is 5.51. The number of benzene rings is 3. The Morgan fingerprint density at radius 2 is 1.62 bits per heavy atom. The standard InChI is InChI=1S/C25H24N4O2S/c1-15-8-10-16(11-9-15)24(32)27-18-7-5-6-17(12-18)23-19-13-21(30-3)22(31-4)14-20(19)28-25(26-2)29-23/h5-14H,1-4H3,(H,27,32)(H,26,28,29). The van der Waals surface area contributed by atoms with Crippen molar-refractivity contribution in [3.63, 3.8) is 0 Å². The Morgan fingerprint density at radius 3 is 2.31 bits per heavy atom. The van der Waals surface area contributed by atoms with E-state index < -0.39 is 0 Å². The van der Waals surface area contributed by atoms with Crippen LogP contribution < -0.4 is 20.1 Å². The van der Waals surface area contributed by atoms with Crippen LogP contribution in [0.5, 0.6) is 11.5 Å². The highest BCUT2D eigenvalue weighted by Gasteiger charge is 2.15. The normalized spacial score (nSPS) is 10.6. The molecule has 0 aliphatic heterocycles. The van der Waals surface area contributed by atoms with E-state index in [1.807, 2.05) is 60.7 Å². The molecule has 4 rings (SSSR count). The Labute approximate surface area is 192 Å². The summed E-state index contributed by atoms with van der Waals surface area (Å²) in [5, 5.41) is 7.23. The van der Waals surface area contributed by atoms with Crippen molar-refractivity contribution in [3.8, 4) is 22.8 Å². The summed E-state index contributed by atoms with van der Waals surface area (Å²) in [6, 6.07) is 19.9. The zero-order chi connectivity index (χ0) is 22.7. The maximum Gasteiger partial charge on any atom is 0.223 e. The monoisotopic (exact) mass is 444 g/mol. The second kappa shape index (κ2) is 9.20. The van der Waals surface area contributed by atoms with Gasteiger partial charge in [0.1, 0.15) is 4.99 Å². The Morgan fingerprint density at radius 1 is 0.906 bits per heavy atom. The summed E-state index contributed by atoms with van der Waals surface area (Å²) >= 11 is 5.61. The highest BCUT2D eigenvalue weighted by molar-refractivity contribution is 7.81. The average molecular weight is 445 g/mol. The van der Waals surface area contributed by atoms with Crippen LogP contribution in [0.3, 0.4) is 0 Å². The van der Waals surface area contributed by atoms with Gasteiger partial charge in [0, 0.05) is 35.3 Å². The minimum atomic E-state index is 0.522. The van der Waals surface area contributed by atoms with Crippen LogP contribution in [0, 0.1) is 6.92 Å². The zero-order valence-electron chi connectivity index (χ0n) is 18.4. The van der Waals surface area contributed by atoms with Gasteiger partial charge in [0.2, 0.25) is 5.95 Å². The van der Waals surface area contributed by atoms with E-state index >= 15 is 0 Å². The number of anilines is 2. The number of thiocarbonyl (C=S) groups is 1. The van der Waals surface area contributed by atoms with Gasteiger partial charge in [-0.15, -0.1) is 0 Å². The summed E-state index contributed by atoms with van der Waals surface area (Å²) in [5.74, 6) is 1.76. The van der Waals surface area contributed by atoms with Crippen molar-refractivity contribution in [2.24, 2.45) is 0 Å². The molecule has 0 radical (unpaired) electrons. The molecule has 32 heavy (non-hydrogen) atoms. The molecule has 1 aromatic heterocycles. The van der Waals surface area contributed by atoms with E-state index in [1.54, 1.807) is 21.3 Å². The summed E-state index contributed by atoms with van der Waals surface area (Å²) in [7, 11) is 5.02. The van der Waals surface area contributed by atoms with E-state index in [9.17, 15) is 0 Å². The van der Waals surface area contributed by atoms with E-state index in [2.05, 4.69) is 22.5 Å². The maximum absolute atomic E-state index is 5.61. The fourth-order valence-electron chi connectivity index (χ4n) is 3.44. The molecule has 0 saturated carbocycles. The fourth-order valence-corrected chi connectivity index (χ4v) is 3.69. The lowest BCUT2D eigenvalue weighted by molar-refractivity contribution is 0.356. The fraction of sp³-hybridized carbons (Fsp3) is 0.160. The summed E-state index contributed by atoms with van der Waals surface area (Å²) in [6.07, 6.45) is 0. The second-order valence-corrected chi connectivity index (χ2v) is 7.68. The molecule has 0 saturated heterocycles. The number of aromatic nitrogens is 2. The van der Waals surface area contributed by atoms with Crippen molar-refractivity contribution in [2.75, 3.05) is 31.9 Å². The van der Waals surface area contributed by atoms with Crippen LogP contribution in [0.1, 0.15) is 11.1 Å². The molecule has 0 aliphatic rings. The van der Waals surface area contributed by atoms with Crippen LogP contribution in [0.4, 0.5) is 11.6 Å². The van der Waals surface area contributed by atoms with Gasteiger partial charge in [0.05, 0.1) is 25.4 Å². The topological polar surface area (TPSA) is 68.3 Å². The molecule has 0 bridgehead atoms. The smallest absolute Gasteiger partial charge is 0.223 e. The van der Waals surface area contributed by atoms with Crippen LogP contribution >= 0.6 is 12.2 Å². The van der Waals surface area contributed by atoms with E-state index in [-0.39, 0.29) is 0 Å². The predicted octanol–water partition coefficient (Wildman–Crippen LogP) is 5.45. The van der Waals surface area contributed by atoms with E-state index in [0.29, 0.717) is 22.4 Å². The van der Waals surface area contributed by atoms with Crippen molar-refractivity contribution < 1.29 is 9.47 Å². The van der Waals surface area contributed by atoms with Crippen LogP contribution in [0.2, 0.25) is 0 Å². The van der Waals surface area contributed by atoms with Gasteiger partial charge in [-0.2, -0.15) is 0 Å². The van der Waals surface area contributed by atoms with Gasteiger partial charge in [0.25, 0.3) is 0 Å². The summed E-state index contributed by atoms with van der Waals surface area (Å²) < 4.78 is 10.9. The molecule has 0 unspecified atom stereocenters. The highest BCUT2D eigenvalue weighted by atomic mass is 32.1. The maximum atomic E-state index is 5.61. The number of fused-ring (bicyclic) bond motifs is 1. The molecule has 2 N–H and O–H groups in total. The first-order valence-corrected chi connectivity index (χ1v) is 10.5. The molecule has 0 amide bonds. The van der Waals surface area contributed by atoms with E-state index in [4.69, 9.17) is 26.7 Å². The van der Waals surface area contributed by atoms with Gasteiger partial charge in [0.15, 0.2) is 11.5 Å². The number of nitrogens with one attached hydrogen (secondary N) is 2. The molecule has 3 aromatic carbocycles. The molecule has 0 spiro atoms. The molecule has 1 heterocycles. The van der Waals surface area contributed by atoms with Crippen molar-refractivity contribution in [2.45, 2.75) is 6.92 Å². The SMILES string of the molecule is CNc1nc(-c2cccc(NC(=S)c3ccc(C)cc3)c2)c2cc(OC)c(OC)cc2n1. The third-order valence-electron chi connectivity index (χ3n) is 5.13. The quantitative estimate of drug-likeness (QED) is 0.383. The summed E-state index contributed by atoms with van der Waals surface area (Å²) in [4.78, 5) is 9.98. The van der Waals surface area contributed by atoms with Gasteiger partial charge in [-0.3, -0.25) is 0 Å². The van der Waals surface area contributed by atoms with Crippen molar-refractivity contribution >= 4 is 39.7 Å². The Bertz CT molecular complexity index is 1290. The first-order chi connectivity index (χ1) is 15.5. The third kappa shape index (κ3) is 4.33. The van der Waals surface area contributed by atoms with Crippen LogP contribution in [-0.2, 0) is 0 Å².